The molecule has 0 saturated carbocycles. The Morgan fingerprint density at radius 3 is 2.05 bits per heavy atom. The van der Waals surface area contributed by atoms with Crippen LogP contribution in [0.1, 0.15) is 51.9 Å². The molecular formula is C14H28N2O3. The summed E-state index contributed by atoms with van der Waals surface area (Å²) >= 11 is 0. The zero-order chi connectivity index (χ0) is 14.3. The molecule has 0 spiro atoms. The third-order valence-electron chi connectivity index (χ3n) is 2.81. The van der Waals surface area contributed by atoms with Crippen LogP contribution in [0.25, 0.3) is 0 Å². The first-order valence-electron chi connectivity index (χ1n) is 7.23. The highest BCUT2D eigenvalue weighted by atomic mass is 16.5. The van der Waals surface area contributed by atoms with E-state index in [2.05, 4.69) is 17.6 Å². The Labute approximate surface area is 116 Å². The molecule has 0 aromatic rings. The van der Waals surface area contributed by atoms with Crippen molar-refractivity contribution >= 4 is 11.8 Å². The van der Waals surface area contributed by atoms with Gasteiger partial charge in [0.05, 0.1) is 6.61 Å². The van der Waals surface area contributed by atoms with Crippen molar-refractivity contribution in [3.05, 3.63) is 0 Å². The number of unbranched alkanes of at least 4 members (excludes halogenated alkanes) is 4. The summed E-state index contributed by atoms with van der Waals surface area (Å²) in [5, 5.41) is 5.52. The van der Waals surface area contributed by atoms with Crippen molar-refractivity contribution in [1.82, 2.24) is 10.6 Å². The fourth-order valence-corrected chi connectivity index (χ4v) is 1.65. The monoisotopic (exact) mass is 272 g/mol. The maximum atomic E-state index is 11.5. The lowest BCUT2D eigenvalue weighted by Gasteiger charge is -2.06. The van der Waals surface area contributed by atoms with Gasteiger partial charge in [0, 0.05) is 33.0 Å². The number of hydrogen-bond acceptors (Lipinski definition) is 3. The van der Waals surface area contributed by atoms with Crippen molar-refractivity contribution in [3.63, 3.8) is 0 Å². The average Bonchev–Trinajstić information content (AvgIpc) is 2.40. The normalized spacial score (nSPS) is 10.2. The number of amides is 2. The Morgan fingerprint density at radius 1 is 0.895 bits per heavy atom. The summed E-state index contributed by atoms with van der Waals surface area (Å²) in [4.78, 5) is 22.8. The molecule has 0 unspecified atom stereocenters. The van der Waals surface area contributed by atoms with Gasteiger partial charge in [0.25, 0.3) is 0 Å². The third-order valence-corrected chi connectivity index (χ3v) is 2.81. The summed E-state index contributed by atoms with van der Waals surface area (Å²) in [5.41, 5.74) is 0. The van der Waals surface area contributed by atoms with Crippen LogP contribution in [0.15, 0.2) is 0 Å². The van der Waals surface area contributed by atoms with Crippen LogP contribution < -0.4 is 10.6 Å². The van der Waals surface area contributed by atoms with Gasteiger partial charge in [-0.3, -0.25) is 9.59 Å². The van der Waals surface area contributed by atoms with Gasteiger partial charge in [-0.25, -0.2) is 0 Å². The highest BCUT2D eigenvalue weighted by Gasteiger charge is 2.05. The van der Waals surface area contributed by atoms with Gasteiger partial charge in [-0.1, -0.05) is 32.6 Å². The Morgan fingerprint density at radius 2 is 1.47 bits per heavy atom. The molecule has 19 heavy (non-hydrogen) atoms. The molecule has 0 heterocycles. The van der Waals surface area contributed by atoms with E-state index in [1.54, 1.807) is 7.11 Å². The summed E-state index contributed by atoms with van der Waals surface area (Å²) < 4.78 is 4.82. The molecule has 0 aromatic heterocycles. The number of carbonyl (C=O) groups excluding carboxylic acids is 2. The van der Waals surface area contributed by atoms with E-state index < -0.39 is 0 Å². The van der Waals surface area contributed by atoms with Crippen LogP contribution in [0.2, 0.25) is 0 Å². The Balaban J connectivity index is 3.36. The first kappa shape index (κ1) is 17.9. The largest absolute Gasteiger partial charge is 0.383 e. The number of ether oxygens (including phenoxy) is 1. The summed E-state index contributed by atoms with van der Waals surface area (Å²) in [5.74, 6) is -0.146. The van der Waals surface area contributed by atoms with Crippen LogP contribution in [0, 0.1) is 0 Å². The SMILES string of the molecule is CCCCCCCNC(=O)CCC(=O)NCCOC. The molecule has 0 saturated heterocycles. The Kier molecular flexibility index (Phi) is 12.6. The number of hydrogen-bond donors (Lipinski definition) is 2. The first-order chi connectivity index (χ1) is 9.20. The van der Waals surface area contributed by atoms with Crippen LogP contribution in [0.3, 0.4) is 0 Å². The second-order valence-electron chi connectivity index (χ2n) is 4.61. The fourth-order valence-electron chi connectivity index (χ4n) is 1.65. The molecule has 0 aliphatic heterocycles. The van der Waals surface area contributed by atoms with Crippen LogP contribution in [-0.4, -0.2) is 38.6 Å². The number of carbonyl (C=O) groups is 2. The first-order valence-corrected chi connectivity index (χ1v) is 7.23. The van der Waals surface area contributed by atoms with E-state index in [1.807, 2.05) is 0 Å². The van der Waals surface area contributed by atoms with E-state index in [1.165, 1.54) is 19.3 Å². The molecule has 2 N–H and O–H groups in total. The van der Waals surface area contributed by atoms with Crippen molar-refractivity contribution in [2.75, 3.05) is 26.8 Å². The van der Waals surface area contributed by atoms with E-state index in [9.17, 15) is 9.59 Å². The molecule has 0 aliphatic rings. The molecule has 5 heteroatoms. The standard InChI is InChI=1S/C14H28N2O3/c1-3-4-5-6-7-10-15-13(17)8-9-14(18)16-11-12-19-2/h3-12H2,1-2H3,(H,15,17)(H,16,18). The minimum absolute atomic E-state index is 0.0441. The quantitative estimate of drug-likeness (QED) is 0.530. The molecule has 0 bridgehead atoms. The smallest absolute Gasteiger partial charge is 0.220 e. The van der Waals surface area contributed by atoms with Gasteiger partial charge in [-0.15, -0.1) is 0 Å². The summed E-state index contributed by atoms with van der Waals surface area (Å²) in [6, 6.07) is 0. The lowest BCUT2D eigenvalue weighted by molar-refractivity contribution is -0.126. The van der Waals surface area contributed by atoms with E-state index in [0.717, 1.165) is 12.8 Å². The van der Waals surface area contributed by atoms with Crippen LogP contribution in [0.4, 0.5) is 0 Å². The second kappa shape index (κ2) is 13.3. The Hall–Kier alpha value is -1.10. The molecule has 2 amide bonds. The molecule has 0 aromatic carbocycles. The summed E-state index contributed by atoms with van der Waals surface area (Å²) in [6.45, 7) is 3.89. The maximum absolute atomic E-state index is 11.5. The second-order valence-corrected chi connectivity index (χ2v) is 4.61. The lowest BCUT2D eigenvalue weighted by atomic mass is 10.1. The average molecular weight is 272 g/mol. The molecule has 112 valence electrons. The molecule has 5 nitrogen and oxygen atoms in total. The molecule has 0 radical (unpaired) electrons. The highest BCUT2D eigenvalue weighted by Crippen LogP contribution is 2.01. The zero-order valence-corrected chi connectivity index (χ0v) is 12.3. The predicted molar refractivity (Wildman–Crippen MR) is 75.9 cm³/mol. The van der Waals surface area contributed by atoms with Crippen LogP contribution in [-0.2, 0) is 14.3 Å². The minimum Gasteiger partial charge on any atom is -0.383 e. The molecule has 0 aliphatic carbocycles. The minimum atomic E-state index is -0.102. The lowest BCUT2D eigenvalue weighted by Crippen LogP contribution is -2.30. The van der Waals surface area contributed by atoms with Crippen molar-refractivity contribution in [3.8, 4) is 0 Å². The number of rotatable bonds is 12. The summed E-state index contributed by atoms with van der Waals surface area (Å²) in [6.07, 6.45) is 6.39. The molecule has 0 rings (SSSR count). The van der Waals surface area contributed by atoms with Gasteiger partial charge >= 0.3 is 0 Å². The van der Waals surface area contributed by atoms with E-state index in [4.69, 9.17) is 4.74 Å². The van der Waals surface area contributed by atoms with Gasteiger partial charge in [-0.2, -0.15) is 0 Å². The van der Waals surface area contributed by atoms with E-state index >= 15 is 0 Å². The van der Waals surface area contributed by atoms with E-state index in [-0.39, 0.29) is 24.7 Å². The molecule has 0 atom stereocenters. The van der Waals surface area contributed by atoms with Crippen molar-refractivity contribution in [2.45, 2.75) is 51.9 Å². The zero-order valence-electron chi connectivity index (χ0n) is 12.3. The van der Waals surface area contributed by atoms with Crippen molar-refractivity contribution < 1.29 is 14.3 Å². The van der Waals surface area contributed by atoms with Crippen LogP contribution in [0.5, 0.6) is 0 Å². The van der Waals surface area contributed by atoms with Gasteiger partial charge in [0.1, 0.15) is 0 Å². The Bertz CT molecular complexity index is 245. The fraction of sp³-hybridized carbons (Fsp3) is 0.857. The topological polar surface area (TPSA) is 67.4 Å². The van der Waals surface area contributed by atoms with Gasteiger partial charge in [0.2, 0.25) is 11.8 Å². The predicted octanol–water partition coefficient (Wildman–Crippen LogP) is 1.62. The molecule has 0 fully saturated rings. The van der Waals surface area contributed by atoms with Crippen molar-refractivity contribution in [2.24, 2.45) is 0 Å². The van der Waals surface area contributed by atoms with Gasteiger partial charge in [-0.05, 0) is 6.42 Å². The van der Waals surface area contributed by atoms with Crippen molar-refractivity contribution in [1.29, 1.82) is 0 Å². The highest BCUT2D eigenvalue weighted by molar-refractivity contribution is 5.83. The third kappa shape index (κ3) is 13.1. The number of methoxy groups -OCH3 is 1. The maximum Gasteiger partial charge on any atom is 0.220 e. The van der Waals surface area contributed by atoms with Gasteiger partial charge < -0.3 is 15.4 Å². The van der Waals surface area contributed by atoms with Crippen LogP contribution >= 0.6 is 0 Å². The van der Waals surface area contributed by atoms with Gasteiger partial charge in [0.15, 0.2) is 0 Å². The summed E-state index contributed by atoms with van der Waals surface area (Å²) in [7, 11) is 1.58. The molecular weight excluding hydrogens is 244 g/mol. The van der Waals surface area contributed by atoms with E-state index in [0.29, 0.717) is 19.7 Å². The number of nitrogens with one attached hydrogen (secondary N) is 2.